The fourth-order valence-corrected chi connectivity index (χ4v) is 3.24. The second-order valence-corrected chi connectivity index (χ2v) is 6.27. The molecule has 0 radical (unpaired) electrons. The minimum absolute atomic E-state index is 0.478. The number of benzene rings is 1. The van der Waals surface area contributed by atoms with Crippen molar-refractivity contribution in [3.63, 3.8) is 0 Å². The molecule has 1 unspecified atom stereocenters. The molecule has 1 heterocycles. The molecule has 0 saturated heterocycles. The van der Waals surface area contributed by atoms with Gasteiger partial charge in [0.2, 0.25) is 0 Å². The Hall–Kier alpha value is -1.16. The van der Waals surface area contributed by atoms with Crippen LogP contribution < -0.4 is 5.32 Å². The Morgan fingerprint density at radius 3 is 2.55 bits per heavy atom. The van der Waals surface area contributed by atoms with Crippen LogP contribution in [0.25, 0.3) is 0 Å². The van der Waals surface area contributed by atoms with Crippen LogP contribution in [-0.4, -0.2) is 32.1 Å². The molecule has 1 N–H and O–H groups in total. The van der Waals surface area contributed by atoms with Crippen molar-refractivity contribution >= 4 is 11.3 Å². The van der Waals surface area contributed by atoms with Gasteiger partial charge in [-0.1, -0.05) is 36.4 Å². The monoisotopic (exact) mass is 288 g/mol. The van der Waals surface area contributed by atoms with Gasteiger partial charge in [0.1, 0.15) is 0 Å². The van der Waals surface area contributed by atoms with Gasteiger partial charge in [-0.15, -0.1) is 11.3 Å². The first-order valence-corrected chi connectivity index (χ1v) is 8.10. The van der Waals surface area contributed by atoms with Gasteiger partial charge in [0.25, 0.3) is 0 Å². The van der Waals surface area contributed by atoms with Crippen molar-refractivity contribution in [2.24, 2.45) is 0 Å². The van der Waals surface area contributed by atoms with Crippen LogP contribution in [0, 0.1) is 0 Å². The number of rotatable bonds is 8. The second kappa shape index (κ2) is 8.20. The van der Waals surface area contributed by atoms with Crippen LogP contribution in [0.2, 0.25) is 0 Å². The third-order valence-electron chi connectivity index (χ3n) is 3.49. The lowest BCUT2D eigenvalue weighted by Gasteiger charge is -2.23. The maximum atomic E-state index is 3.59. The minimum Gasteiger partial charge on any atom is -0.315 e. The summed E-state index contributed by atoms with van der Waals surface area (Å²) in [6.45, 7) is 2.09. The number of hydrogen-bond donors (Lipinski definition) is 1. The highest BCUT2D eigenvalue weighted by atomic mass is 32.1. The summed E-state index contributed by atoms with van der Waals surface area (Å²) in [4.78, 5) is 3.72. The molecule has 108 valence electrons. The lowest BCUT2D eigenvalue weighted by Crippen LogP contribution is -2.31. The fourth-order valence-electron chi connectivity index (χ4n) is 2.32. The number of nitrogens with one attached hydrogen (secondary N) is 1. The topological polar surface area (TPSA) is 15.3 Å². The average Bonchev–Trinajstić information content (AvgIpc) is 2.97. The maximum absolute atomic E-state index is 3.59. The molecule has 0 aliphatic rings. The van der Waals surface area contributed by atoms with E-state index in [0.717, 1.165) is 19.5 Å². The first-order valence-electron chi connectivity index (χ1n) is 7.22. The van der Waals surface area contributed by atoms with Gasteiger partial charge in [-0.2, -0.15) is 0 Å². The molecule has 1 aromatic heterocycles. The Morgan fingerprint density at radius 1 is 1.10 bits per heavy atom. The summed E-state index contributed by atoms with van der Waals surface area (Å²) in [6.07, 6.45) is 2.34. The second-order valence-electron chi connectivity index (χ2n) is 5.29. The molecule has 20 heavy (non-hydrogen) atoms. The quantitative estimate of drug-likeness (QED) is 0.747. The van der Waals surface area contributed by atoms with Crippen LogP contribution in [0.1, 0.15) is 22.9 Å². The number of likely N-dealkylation sites (N-methyl/N-ethyl adjacent to an activating group) is 1. The van der Waals surface area contributed by atoms with Crippen molar-refractivity contribution in [3.8, 4) is 0 Å². The van der Waals surface area contributed by atoms with E-state index in [1.807, 2.05) is 11.3 Å². The van der Waals surface area contributed by atoms with Gasteiger partial charge in [-0.3, -0.25) is 0 Å². The molecule has 0 fully saturated rings. The van der Waals surface area contributed by atoms with E-state index >= 15 is 0 Å². The summed E-state index contributed by atoms with van der Waals surface area (Å²) in [7, 11) is 4.30. The van der Waals surface area contributed by atoms with Crippen molar-refractivity contribution in [1.29, 1.82) is 0 Å². The molecule has 2 aromatic rings. The first-order chi connectivity index (χ1) is 9.77. The standard InChI is InChI=1S/C17H24N2S/c1-19(2)16(17-11-7-13-20-17)14-18-12-6-10-15-8-4-3-5-9-15/h3-5,7-9,11,13,16,18H,6,10,12,14H2,1-2H3. The van der Waals surface area contributed by atoms with Crippen LogP contribution >= 0.6 is 11.3 Å². The number of nitrogens with zero attached hydrogens (tertiary/aromatic N) is 1. The van der Waals surface area contributed by atoms with Crippen LogP contribution in [-0.2, 0) is 6.42 Å². The van der Waals surface area contributed by atoms with Crippen molar-refractivity contribution in [3.05, 3.63) is 58.3 Å². The van der Waals surface area contributed by atoms with E-state index in [1.165, 1.54) is 16.9 Å². The van der Waals surface area contributed by atoms with Crippen molar-refractivity contribution in [1.82, 2.24) is 10.2 Å². The van der Waals surface area contributed by atoms with E-state index in [2.05, 4.69) is 72.2 Å². The highest BCUT2D eigenvalue weighted by Crippen LogP contribution is 2.22. The molecule has 0 amide bonds. The zero-order chi connectivity index (χ0) is 14.2. The maximum Gasteiger partial charge on any atom is 0.0561 e. The Kier molecular flexibility index (Phi) is 6.25. The van der Waals surface area contributed by atoms with Gasteiger partial charge >= 0.3 is 0 Å². The molecular weight excluding hydrogens is 264 g/mol. The zero-order valence-corrected chi connectivity index (χ0v) is 13.2. The average molecular weight is 288 g/mol. The summed E-state index contributed by atoms with van der Waals surface area (Å²) >= 11 is 1.84. The van der Waals surface area contributed by atoms with Crippen molar-refractivity contribution < 1.29 is 0 Å². The van der Waals surface area contributed by atoms with Gasteiger partial charge in [0, 0.05) is 11.4 Å². The van der Waals surface area contributed by atoms with Gasteiger partial charge in [-0.25, -0.2) is 0 Å². The highest BCUT2D eigenvalue weighted by Gasteiger charge is 2.13. The predicted octanol–water partition coefficient (Wildman–Crippen LogP) is 3.57. The molecule has 0 saturated carbocycles. The molecule has 1 aromatic carbocycles. The molecule has 0 spiro atoms. The smallest absolute Gasteiger partial charge is 0.0561 e. The van der Waals surface area contributed by atoms with E-state index in [1.54, 1.807) is 0 Å². The Balaban J connectivity index is 1.69. The van der Waals surface area contributed by atoms with E-state index < -0.39 is 0 Å². The van der Waals surface area contributed by atoms with Gasteiger partial charge in [0.05, 0.1) is 6.04 Å². The molecule has 2 rings (SSSR count). The number of thiophene rings is 1. The molecule has 3 heteroatoms. The van der Waals surface area contributed by atoms with Gasteiger partial charge < -0.3 is 10.2 Å². The van der Waals surface area contributed by atoms with Crippen molar-refractivity contribution in [2.75, 3.05) is 27.2 Å². The summed E-state index contributed by atoms with van der Waals surface area (Å²) in [5.74, 6) is 0. The van der Waals surface area contributed by atoms with Crippen LogP contribution in [0.4, 0.5) is 0 Å². The van der Waals surface area contributed by atoms with E-state index in [4.69, 9.17) is 0 Å². The van der Waals surface area contributed by atoms with Crippen LogP contribution in [0.5, 0.6) is 0 Å². The Labute approximate surface area is 126 Å². The molecule has 1 atom stereocenters. The van der Waals surface area contributed by atoms with E-state index in [-0.39, 0.29) is 0 Å². The van der Waals surface area contributed by atoms with Crippen LogP contribution in [0.3, 0.4) is 0 Å². The SMILES string of the molecule is CN(C)C(CNCCCc1ccccc1)c1cccs1. The fraction of sp³-hybridized carbons (Fsp3) is 0.412. The minimum atomic E-state index is 0.478. The van der Waals surface area contributed by atoms with Crippen molar-refractivity contribution in [2.45, 2.75) is 18.9 Å². The summed E-state index contributed by atoms with van der Waals surface area (Å²) in [5.41, 5.74) is 1.43. The predicted molar refractivity (Wildman–Crippen MR) is 88.4 cm³/mol. The molecule has 0 aliphatic carbocycles. The number of aryl methyl sites for hydroxylation is 1. The van der Waals surface area contributed by atoms with E-state index in [0.29, 0.717) is 6.04 Å². The summed E-state index contributed by atoms with van der Waals surface area (Å²) in [5, 5.41) is 5.74. The highest BCUT2D eigenvalue weighted by molar-refractivity contribution is 7.10. The first kappa shape index (κ1) is 15.2. The lowest BCUT2D eigenvalue weighted by atomic mass is 10.1. The van der Waals surface area contributed by atoms with Crippen LogP contribution in [0.15, 0.2) is 47.8 Å². The van der Waals surface area contributed by atoms with E-state index in [9.17, 15) is 0 Å². The lowest BCUT2D eigenvalue weighted by molar-refractivity contribution is 0.293. The molecule has 0 aliphatic heterocycles. The summed E-state index contributed by atoms with van der Waals surface area (Å²) < 4.78 is 0. The number of hydrogen-bond acceptors (Lipinski definition) is 3. The van der Waals surface area contributed by atoms with Gasteiger partial charge in [-0.05, 0) is 50.5 Å². The molecule has 2 nitrogen and oxygen atoms in total. The largest absolute Gasteiger partial charge is 0.315 e. The molecule has 0 bridgehead atoms. The normalized spacial score (nSPS) is 12.8. The molecular formula is C17H24N2S. The Bertz CT molecular complexity index is 465. The van der Waals surface area contributed by atoms with Gasteiger partial charge in [0.15, 0.2) is 0 Å². The Morgan fingerprint density at radius 2 is 1.90 bits per heavy atom. The zero-order valence-electron chi connectivity index (χ0n) is 12.4. The third-order valence-corrected chi connectivity index (χ3v) is 4.47. The summed E-state index contributed by atoms with van der Waals surface area (Å²) in [6, 6.07) is 15.5. The third kappa shape index (κ3) is 4.75.